The van der Waals surface area contributed by atoms with Gasteiger partial charge in [-0.15, -0.1) is 0 Å². The molecule has 0 bridgehead atoms. The Kier molecular flexibility index (Phi) is 6.88. The number of para-hydroxylation sites is 1. The quantitative estimate of drug-likeness (QED) is 0.290. The topological polar surface area (TPSA) is 89.6 Å². The summed E-state index contributed by atoms with van der Waals surface area (Å²) in [5.41, 5.74) is 1.25. The molecular weight excluding hydrogens is 486 g/mol. The van der Waals surface area contributed by atoms with Gasteiger partial charge in [0.2, 0.25) is 5.91 Å². The summed E-state index contributed by atoms with van der Waals surface area (Å²) in [4.78, 5) is 49.7. The summed E-state index contributed by atoms with van der Waals surface area (Å²) in [6.07, 6.45) is 4.97. The molecule has 0 atom stereocenters. The standard InChI is InChI=1S/C25H24ClN5O3S/c26-17-8-9-21-27-18(14-23(33)31(21)15-17)16-35-25-28-20-7-3-2-6-19(20)24(34)30(25)13-10-22(32)29-11-4-1-5-12-29/h2-3,6-9,14-15H,1,4-5,10-13,16H2. The van der Waals surface area contributed by atoms with Gasteiger partial charge in [-0.3, -0.25) is 23.4 Å². The Morgan fingerprint density at radius 1 is 1.03 bits per heavy atom. The van der Waals surface area contributed by atoms with Crippen molar-refractivity contribution in [3.8, 4) is 0 Å². The first-order chi connectivity index (χ1) is 17.0. The van der Waals surface area contributed by atoms with Gasteiger partial charge in [0.05, 0.1) is 21.6 Å². The van der Waals surface area contributed by atoms with Gasteiger partial charge >= 0.3 is 0 Å². The Morgan fingerprint density at radius 3 is 2.66 bits per heavy atom. The number of aromatic nitrogens is 4. The highest BCUT2D eigenvalue weighted by Crippen LogP contribution is 2.22. The lowest BCUT2D eigenvalue weighted by atomic mass is 10.1. The fourth-order valence-electron chi connectivity index (χ4n) is 4.30. The summed E-state index contributed by atoms with van der Waals surface area (Å²) < 4.78 is 2.97. The van der Waals surface area contributed by atoms with Crippen molar-refractivity contribution in [3.05, 3.63) is 80.1 Å². The minimum absolute atomic E-state index is 0.0589. The van der Waals surface area contributed by atoms with Crippen molar-refractivity contribution in [3.63, 3.8) is 0 Å². The molecule has 4 heterocycles. The molecule has 4 aromatic rings. The summed E-state index contributed by atoms with van der Waals surface area (Å²) in [6, 6.07) is 12.0. The van der Waals surface area contributed by atoms with Crippen molar-refractivity contribution in [1.29, 1.82) is 0 Å². The summed E-state index contributed by atoms with van der Waals surface area (Å²) in [5.74, 6) is 0.405. The lowest BCUT2D eigenvalue weighted by molar-refractivity contribution is -0.132. The van der Waals surface area contributed by atoms with E-state index in [1.807, 2.05) is 11.0 Å². The monoisotopic (exact) mass is 509 g/mol. The van der Waals surface area contributed by atoms with E-state index in [2.05, 4.69) is 4.98 Å². The number of carbonyl (C=O) groups is 1. The van der Waals surface area contributed by atoms with Crippen molar-refractivity contribution >= 4 is 45.8 Å². The maximum Gasteiger partial charge on any atom is 0.262 e. The largest absolute Gasteiger partial charge is 0.343 e. The number of benzene rings is 1. The van der Waals surface area contributed by atoms with E-state index in [0.717, 1.165) is 32.4 Å². The predicted octanol–water partition coefficient (Wildman–Crippen LogP) is 3.75. The molecule has 5 rings (SSSR count). The van der Waals surface area contributed by atoms with Crippen LogP contribution in [0.5, 0.6) is 0 Å². The second kappa shape index (κ2) is 10.2. The second-order valence-corrected chi connectivity index (χ2v) is 9.89. The number of halogens is 1. The zero-order valence-corrected chi connectivity index (χ0v) is 20.6. The fraction of sp³-hybridized carbons (Fsp3) is 0.320. The van der Waals surface area contributed by atoms with Crippen LogP contribution >= 0.6 is 23.4 Å². The van der Waals surface area contributed by atoms with E-state index in [1.54, 1.807) is 34.9 Å². The number of hydrogen-bond donors (Lipinski definition) is 0. The van der Waals surface area contributed by atoms with E-state index >= 15 is 0 Å². The van der Waals surface area contributed by atoms with E-state index < -0.39 is 0 Å². The minimum atomic E-state index is -0.232. The lowest BCUT2D eigenvalue weighted by Gasteiger charge is -2.27. The normalized spacial score (nSPS) is 14.0. The molecule has 1 aromatic carbocycles. The molecule has 3 aromatic heterocycles. The lowest BCUT2D eigenvalue weighted by Crippen LogP contribution is -2.36. The van der Waals surface area contributed by atoms with Crippen LogP contribution in [0.1, 0.15) is 31.4 Å². The number of thioether (sulfide) groups is 1. The van der Waals surface area contributed by atoms with Crippen LogP contribution in [0.15, 0.2) is 63.4 Å². The molecular formula is C25H24ClN5O3S. The number of pyridine rings is 1. The summed E-state index contributed by atoms with van der Waals surface area (Å²) >= 11 is 7.32. The van der Waals surface area contributed by atoms with Crippen molar-refractivity contribution in [1.82, 2.24) is 23.8 Å². The van der Waals surface area contributed by atoms with E-state index in [-0.39, 0.29) is 30.0 Å². The molecule has 1 saturated heterocycles. The zero-order valence-electron chi connectivity index (χ0n) is 19.0. The average Bonchev–Trinajstić information content (AvgIpc) is 2.88. The Hall–Kier alpha value is -3.17. The van der Waals surface area contributed by atoms with Crippen LogP contribution in [0.2, 0.25) is 5.02 Å². The number of nitrogens with zero attached hydrogens (tertiary/aromatic N) is 5. The van der Waals surface area contributed by atoms with Crippen LogP contribution in [0.25, 0.3) is 16.6 Å². The molecule has 0 spiro atoms. The van der Waals surface area contributed by atoms with E-state index in [4.69, 9.17) is 16.6 Å². The number of fused-ring (bicyclic) bond motifs is 2. The highest BCUT2D eigenvalue weighted by atomic mass is 35.5. The number of rotatable bonds is 6. The smallest absolute Gasteiger partial charge is 0.262 e. The van der Waals surface area contributed by atoms with Gasteiger partial charge < -0.3 is 4.90 Å². The molecule has 1 amide bonds. The van der Waals surface area contributed by atoms with Crippen LogP contribution in [0, 0.1) is 0 Å². The second-order valence-electron chi connectivity index (χ2n) is 8.51. The van der Waals surface area contributed by atoms with Crippen LogP contribution in [0.4, 0.5) is 0 Å². The summed E-state index contributed by atoms with van der Waals surface area (Å²) in [6.45, 7) is 1.81. The maximum absolute atomic E-state index is 13.3. The van der Waals surface area contributed by atoms with E-state index in [0.29, 0.717) is 38.2 Å². The van der Waals surface area contributed by atoms with Gasteiger partial charge in [0.25, 0.3) is 11.1 Å². The average molecular weight is 510 g/mol. The van der Waals surface area contributed by atoms with Gasteiger partial charge in [0.1, 0.15) is 5.65 Å². The first-order valence-electron chi connectivity index (χ1n) is 11.6. The third-order valence-electron chi connectivity index (χ3n) is 6.11. The molecule has 1 aliphatic heterocycles. The Balaban J connectivity index is 1.43. The van der Waals surface area contributed by atoms with Crippen molar-refractivity contribution in [2.75, 3.05) is 13.1 Å². The Bertz CT molecular complexity index is 1530. The summed E-state index contributed by atoms with van der Waals surface area (Å²) in [7, 11) is 0. The van der Waals surface area contributed by atoms with Crippen molar-refractivity contribution < 1.29 is 4.79 Å². The van der Waals surface area contributed by atoms with Crippen LogP contribution < -0.4 is 11.1 Å². The van der Waals surface area contributed by atoms with Gasteiger partial charge in [-0.1, -0.05) is 35.5 Å². The van der Waals surface area contributed by atoms with Crippen molar-refractivity contribution in [2.45, 2.75) is 43.1 Å². The number of amides is 1. The molecule has 0 saturated carbocycles. The van der Waals surface area contributed by atoms with Gasteiger partial charge in [-0.05, 0) is 43.5 Å². The molecule has 0 N–H and O–H groups in total. The Labute approximate surface area is 210 Å². The van der Waals surface area contributed by atoms with Gasteiger partial charge in [0.15, 0.2) is 5.16 Å². The number of hydrogen-bond acceptors (Lipinski definition) is 6. The van der Waals surface area contributed by atoms with Gasteiger partial charge in [-0.25, -0.2) is 9.97 Å². The molecule has 1 fully saturated rings. The molecule has 0 radical (unpaired) electrons. The van der Waals surface area contributed by atoms with Crippen molar-refractivity contribution in [2.24, 2.45) is 0 Å². The zero-order chi connectivity index (χ0) is 24.4. The summed E-state index contributed by atoms with van der Waals surface area (Å²) in [5, 5.41) is 1.46. The number of piperidine rings is 1. The van der Waals surface area contributed by atoms with E-state index in [1.165, 1.54) is 28.4 Å². The first-order valence-corrected chi connectivity index (χ1v) is 12.9. The third kappa shape index (κ3) is 5.11. The third-order valence-corrected chi connectivity index (χ3v) is 7.34. The van der Waals surface area contributed by atoms with E-state index in [9.17, 15) is 14.4 Å². The molecule has 0 unspecified atom stereocenters. The maximum atomic E-state index is 13.3. The number of carbonyl (C=O) groups excluding carboxylic acids is 1. The molecule has 10 heteroatoms. The SMILES string of the molecule is O=C(CCn1c(SCc2cc(=O)n3cc(Cl)ccc3n2)nc2ccccc2c1=O)N1CCCCC1. The molecule has 0 aliphatic carbocycles. The highest BCUT2D eigenvalue weighted by molar-refractivity contribution is 7.98. The predicted molar refractivity (Wildman–Crippen MR) is 137 cm³/mol. The fourth-order valence-corrected chi connectivity index (χ4v) is 5.38. The van der Waals surface area contributed by atoms with Gasteiger partial charge in [-0.2, -0.15) is 0 Å². The molecule has 35 heavy (non-hydrogen) atoms. The molecule has 8 nitrogen and oxygen atoms in total. The Morgan fingerprint density at radius 2 is 1.83 bits per heavy atom. The molecule has 1 aliphatic rings. The van der Waals surface area contributed by atoms with Gasteiger partial charge in [0, 0.05) is 44.1 Å². The van der Waals surface area contributed by atoms with Crippen LogP contribution in [0.3, 0.4) is 0 Å². The van der Waals surface area contributed by atoms with Crippen LogP contribution in [-0.4, -0.2) is 42.8 Å². The number of likely N-dealkylation sites (tertiary alicyclic amines) is 1. The molecule has 180 valence electrons. The van der Waals surface area contributed by atoms with Crippen LogP contribution in [-0.2, 0) is 17.1 Å². The first kappa shape index (κ1) is 23.6. The minimum Gasteiger partial charge on any atom is -0.343 e. The highest BCUT2D eigenvalue weighted by Gasteiger charge is 2.18.